The summed E-state index contributed by atoms with van der Waals surface area (Å²) in [5.74, 6) is 2.34. The second-order valence-corrected chi connectivity index (χ2v) is 5.07. The minimum Gasteiger partial charge on any atom is -0.339 e. The van der Waals surface area contributed by atoms with E-state index in [0.717, 1.165) is 31.2 Å². The molecule has 1 atom stereocenters. The maximum atomic E-state index is 5.41. The maximum absolute atomic E-state index is 5.41. The Morgan fingerprint density at radius 2 is 2.25 bits per heavy atom. The summed E-state index contributed by atoms with van der Waals surface area (Å²) in [6.45, 7) is 4.28. The van der Waals surface area contributed by atoms with E-state index >= 15 is 0 Å². The monoisotopic (exact) mass is 243 g/mol. The highest BCUT2D eigenvalue weighted by atomic mass is 35.5. The molecule has 1 N–H and O–H groups in total. The predicted molar refractivity (Wildman–Crippen MR) is 63.0 cm³/mol. The van der Waals surface area contributed by atoms with Crippen molar-refractivity contribution in [3.63, 3.8) is 0 Å². The average Bonchev–Trinajstić information content (AvgIpc) is 2.97. The van der Waals surface area contributed by atoms with E-state index in [-0.39, 0.29) is 17.8 Å². The molecule has 2 fully saturated rings. The average molecular weight is 244 g/mol. The van der Waals surface area contributed by atoms with Crippen molar-refractivity contribution in [3.05, 3.63) is 11.7 Å². The van der Waals surface area contributed by atoms with Crippen LogP contribution in [0.4, 0.5) is 0 Å². The van der Waals surface area contributed by atoms with Crippen molar-refractivity contribution < 1.29 is 4.52 Å². The molecule has 0 aromatic carbocycles. The molecule has 5 heteroatoms. The van der Waals surface area contributed by atoms with Crippen LogP contribution in [0.25, 0.3) is 0 Å². The predicted octanol–water partition coefficient (Wildman–Crippen LogP) is 2.01. The fourth-order valence-electron chi connectivity index (χ4n) is 2.23. The highest BCUT2D eigenvalue weighted by Crippen LogP contribution is 2.39. The van der Waals surface area contributed by atoms with Crippen molar-refractivity contribution in [1.82, 2.24) is 15.5 Å². The van der Waals surface area contributed by atoms with Crippen LogP contribution >= 0.6 is 12.4 Å². The van der Waals surface area contributed by atoms with E-state index in [1.807, 2.05) is 0 Å². The molecule has 1 aromatic heterocycles. The van der Waals surface area contributed by atoms with Crippen LogP contribution in [0, 0.1) is 0 Å². The minimum atomic E-state index is 0. The second kappa shape index (κ2) is 4.34. The van der Waals surface area contributed by atoms with Gasteiger partial charge in [-0.05, 0) is 39.2 Å². The van der Waals surface area contributed by atoms with E-state index < -0.39 is 0 Å². The molecule has 1 saturated heterocycles. The highest BCUT2D eigenvalue weighted by Gasteiger charge is 2.36. The molecule has 2 heterocycles. The Hall–Kier alpha value is -0.610. The van der Waals surface area contributed by atoms with Gasteiger partial charge in [0.15, 0.2) is 5.82 Å². The number of nitrogens with zero attached hydrogens (tertiary/aromatic N) is 2. The summed E-state index contributed by atoms with van der Waals surface area (Å²) >= 11 is 0. The molecule has 3 rings (SSSR count). The zero-order valence-corrected chi connectivity index (χ0v) is 10.3. The number of nitrogens with one attached hydrogen (secondary N) is 1. The lowest BCUT2D eigenvalue weighted by Crippen LogP contribution is -2.41. The molecule has 90 valence electrons. The molecule has 0 radical (unpaired) electrons. The van der Waals surface area contributed by atoms with E-state index in [9.17, 15) is 0 Å². The van der Waals surface area contributed by atoms with E-state index in [2.05, 4.69) is 22.4 Å². The van der Waals surface area contributed by atoms with Gasteiger partial charge < -0.3 is 9.84 Å². The Kier molecular flexibility index (Phi) is 3.22. The summed E-state index contributed by atoms with van der Waals surface area (Å²) in [5.41, 5.74) is 0.0540. The van der Waals surface area contributed by atoms with Gasteiger partial charge in [0, 0.05) is 12.5 Å². The molecule has 1 aromatic rings. The van der Waals surface area contributed by atoms with Crippen molar-refractivity contribution in [1.29, 1.82) is 0 Å². The molecular weight excluding hydrogens is 226 g/mol. The fourth-order valence-corrected chi connectivity index (χ4v) is 2.23. The van der Waals surface area contributed by atoms with Crippen molar-refractivity contribution in [3.8, 4) is 0 Å². The first-order valence-corrected chi connectivity index (χ1v) is 5.83. The lowest BCUT2D eigenvalue weighted by atomic mass is 9.83. The van der Waals surface area contributed by atoms with Crippen molar-refractivity contribution >= 4 is 12.4 Å². The quantitative estimate of drug-likeness (QED) is 0.864. The Bertz CT molecular complexity index is 356. The van der Waals surface area contributed by atoms with Crippen LogP contribution in [0.1, 0.15) is 50.2 Å². The molecule has 1 unspecified atom stereocenters. The minimum absolute atomic E-state index is 0. The first kappa shape index (κ1) is 11.9. The number of rotatable bonds is 2. The van der Waals surface area contributed by atoms with E-state index in [4.69, 9.17) is 4.52 Å². The number of piperidine rings is 1. The van der Waals surface area contributed by atoms with E-state index in [0.29, 0.717) is 5.92 Å². The largest absolute Gasteiger partial charge is 0.339 e. The van der Waals surface area contributed by atoms with Crippen LogP contribution in [-0.4, -0.2) is 23.2 Å². The van der Waals surface area contributed by atoms with Gasteiger partial charge in [-0.3, -0.25) is 0 Å². The SMILES string of the molecule is CC1(c2nc(C3CC3)no2)CCCNC1.Cl. The van der Waals surface area contributed by atoms with Crippen LogP contribution in [0.3, 0.4) is 0 Å². The molecule has 1 saturated carbocycles. The van der Waals surface area contributed by atoms with Crippen LogP contribution < -0.4 is 5.32 Å². The first-order valence-electron chi connectivity index (χ1n) is 5.83. The third kappa shape index (κ3) is 2.09. The molecule has 1 aliphatic carbocycles. The van der Waals surface area contributed by atoms with Crippen LogP contribution in [0.5, 0.6) is 0 Å². The fraction of sp³-hybridized carbons (Fsp3) is 0.818. The third-order valence-corrected chi connectivity index (χ3v) is 3.50. The van der Waals surface area contributed by atoms with Crippen LogP contribution in [-0.2, 0) is 5.41 Å². The molecule has 0 amide bonds. The number of halogens is 1. The Balaban J connectivity index is 0.000000963. The Morgan fingerprint density at radius 3 is 2.88 bits per heavy atom. The van der Waals surface area contributed by atoms with Crippen LogP contribution in [0.15, 0.2) is 4.52 Å². The van der Waals surface area contributed by atoms with Gasteiger partial charge in [-0.2, -0.15) is 4.98 Å². The van der Waals surface area contributed by atoms with Crippen molar-refractivity contribution in [2.24, 2.45) is 0 Å². The Labute approximate surface area is 102 Å². The molecule has 2 aliphatic rings. The first-order chi connectivity index (χ1) is 7.28. The number of hydrogen-bond donors (Lipinski definition) is 1. The number of hydrogen-bond acceptors (Lipinski definition) is 4. The van der Waals surface area contributed by atoms with Gasteiger partial charge in [0.25, 0.3) is 0 Å². The van der Waals surface area contributed by atoms with Gasteiger partial charge in [-0.15, -0.1) is 12.4 Å². The Morgan fingerprint density at radius 1 is 1.44 bits per heavy atom. The summed E-state index contributed by atoms with van der Waals surface area (Å²) in [6.07, 6.45) is 4.80. The van der Waals surface area contributed by atoms with E-state index in [1.54, 1.807) is 0 Å². The second-order valence-electron chi connectivity index (χ2n) is 5.07. The third-order valence-electron chi connectivity index (χ3n) is 3.50. The summed E-state index contributed by atoms with van der Waals surface area (Å²) in [4.78, 5) is 4.55. The summed E-state index contributed by atoms with van der Waals surface area (Å²) in [6, 6.07) is 0. The van der Waals surface area contributed by atoms with Gasteiger partial charge in [-0.1, -0.05) is 5.16 Å². The smallest absolute Gasteiger partial charge is 0.233 e. The van der Waals surface area contributed by atoms with Gasteiger partial charge in [0.1, 0.15) is 0 Å². The lowest BCUT2D eigenvalue weighted by molar-refractivity contribution is 0.244. The zero-order valence-electron chi connectivity index (χ0n) is 9.53. The van der Waals surface area contributed by atoms with Crippen molar-refractivity contribution in [2.75, 3.05) is 13.1 Å². The molecule has 4 nitrogen and oxygen atoms in total. The molecule has 1 aliphatic heterocycles. The molecular formula is C11H18ClN3O. The van der Waals surface area contributed by atoms with Gasteiger partial charge in [0.2, 0.25) is 5.89 Å². The molecule has 0 spiro atoms. The van der Waals surface area contributed by atoms with Gasteiger partial charge in [-0.25, -0.2) is 0 Å². The summed E-state index contributed by atoms with van der Waals surface area (Å²) < 4.78 is 5.41. The topological polar surface area (TPSA) is 51.0 Å². The highest BCUT2D eigenvalue weighted by molar-refractivity contribution is 5.85. The summed E-state index contributed by atoms with van der Waals surface area (Å²) in [5, 5.41) is 7.48. The van der Waals surface area contributed by atoms with Crippen molar-refractivity contribution in [2.45, 2.75) is 43.9 Å². The molecule has 16 heavy (non-hydrogen) atoms. The normalized spacial score (nSPS) is 29.8. The van der Waals surface area contributed by atoms with Gasteiger partial charge >= 0.3 is 0 Å². The molecule has 0 bridgehead atoms. The van der Waals surface area contributed by atoms with Crippen LogP contribution in [0.2, 0.25) is 0 Å². The maximum Gasteiger partial charge on any atom is 0.233 e. The van der Waals surface area contributed by atoms with E-state index in [1.165, 1.54) is 19.3 Å². The standard InChI is InChI=1S/C11H17N3O.ClH/c1-11(5-2-6-12-7-11)10-13-9(14-15-10)8-3-4-8;/h8,12H,2-7H2,1H3;1H. The lowest BCUT2D eigenvalue weighted by Gasteiger charge is -2.30. The summed E-state index contributed by atoms with van der Waals surface area (Å²) in [7, 11) is 0. The zero-order chi connectivity index (χ0) is 10.3. The van der Waals surface area contributed by atoms with Gasteiger partial charge in [0.05, 0.1) is 5.41 Å². The number of aromatic nitrogens is 2.